The first-order valence-corrected chi connectivity index (χ1v) is 6.51. The largest absolute Gasteiger partial charge is 0.508 e. The molecule has 0 radical (unpaired) electrons. The van der Waals surface area contributed by atoms with Crippen molar-refractivity contribution in [2.24, 2.45) is 0 Å². The fourth-order valence-corrected chi connectivity index (χ4v) is 1.99. The lowest BCUT2D eigenvalue weighted by Gasteiger charge is -2.10. The third-order valence-electron chi connectivity index (χ3n) is 2.45. The minimum atomic E-state index is -0.395. The Balaban J connectivity index is 2.02. The molecule has 102 valence electrons. The number of hydrogen-bond acceptors (Lipinski definition) is 3. The summed E-state index contributed by atoms with van der Waals surface area (Å²) in [6, 6.07) is 13.1. The van der Waals surface area contributed by atoms with Crippen LogP contribution in [0.5, 0.6) is 5.75 Å². The minimum absolute atomic E-state index is 0.107. The van der Waals surface area contributed by atoms with Crippen molar-refractivity contribution in [3.8, 4) is 5.75 Å². The zero-order chi connectivity index (χ0) is 14.5. The van der Waals surface area contributed by atoms with Crippen LogP contribution in [0.1, 0.15) is 10.4 Å². The Morgan fingerprint density at radius 1 is 1.15 bits per heavy atom. The van der Waals surface area contributed by atoms with Crippen LogP contribution in [0.25, 0.3) is 0 Å². The molecule has 4 nitrogen and oxygen atoms in total. The molecule has 0 aliphatic carbocycles. The quantitative estimate of drug-likeness (QED) is 0.746. The fourth-order valence-electron chi connectivity index (χ4n) is 1.56. The number of hydrogen-bond donors (Lipinski definition) is 3. The summed E-state index contributed by atoms with van der Waals surface area (Å²) in [7, 11) is 0. The average Bonchev–Trinajstić information content (AvgIpc) is 2.38. The summed E-state index contributed by atoms with van der Waals surface area (Å²) in [6.07, 6.45) is 0. The molecule has 20 heavy (non-hydrogen) atoms. The summed E-state index contributed by atoms with van der Waals surface area (Å²) in [5.41, 5.74) is 0.920. The van der Waals surface area contributed by atoms with Crippen LogP contribution in [-0.2, 0) is 0 Å². The van der Waals surface area contributed by atoms with Gasteiger partial charge in [-0.25, -0.2) is 0 Å². The van der Waals surface area contributed by atoms with Gasteiger partial charge in [0.05, 0.1) is 10.6 Å². The van der Waals surface area contributed by atoms with Crippen molar-refractivity contribution in [3.63, 3.8) is 0 Å². The SMILES string of the molecule is O=C(NC(=S)Nc1cccc(O)c1)c1ccccc1Cl. The van der Waals surface area contributed by atoms with Gasteiger partial charge in [-0.05, 0) is 36.5 Å². The average molecular weight is 307 g/mol. The van der Waals surface area contributed by atoms with E-state index in [1.165, 1.54) is 12.1 Å². The van der Waals surface area contributed by atoms with Gasteiger partial charge in [-0.1, -0.05) is 29.8 Å². The number of phenols is 1. The summed E-state index contributed by atoms with van der Waals surface area (Å²) in [5.74, 6) is -0.288. The van der Waals surface area contributed by atoms with E-state index in [0.717, 1.165) is 0 Å². The van der Waals surface area contributed by atoms with Gasteiger partial charge in [-0.2, -0.15) is 0 Å². The number of aromatic hydroxyl groups is 1. The second kappa shape index (κ2) is 6.36. The molecular formula is C14H11ClN2O2S. The van der Waals surface area contributed by atoms with Crippen LogP contribution in [0, 0.1) is 0 Å². The van der Waals surface area contributed by atoms with Crippen molar-refractivity contribution in [1.82, 2.24) is 5.32 Å². The zero-order valence-corrected chi connectivity index (χ0v) is 11.8. The van der Waals surface area contributed by atoms with Gasteiger partial charge >= 0.3 is 0 Å². The van der Waals surface area contributed by atoms with Gasteiger partial charge in [-0.15, -0.1) is 0 Å². The van der Waals surface area contributed by atoms with E-state index in [1.807, 2.05) is 0 Å². The van der Waals surface area contributed by atoms with Crippen LogP contribution in [0.3, 0.4) is 0 Å². The second-order valence-corrected chi connectivity index (χ2v) is 4.75. The number of halogens is 1. The molecule has 0 heterocycles. The van der Waals surface area contributed by atoms with Crippen LogP contribution >= 0.6 is 23.8 Å². The van der Waals surface area contributed by atoms with Crippen molar-refractivity contribution in [2.75, 3.05) is 5.32 Å². The van der Waals surface area contributed by atoms with Crippen LogP contribution in [0.2, 0.25) is 5.02 Å². The van der Waals surface area contributed by atoms with E-state index in [9.17, 15) is 9.90 Å². The first-order chi connectivity index (χ1) is 9.56. The Labute approximate surface area is 126 Å². The number of rotatable bonds is 2. The van der Waals surface area contributed by atoms with E-state index >= 15 is 0 Å². The second-order valence-electron chi connectivity index (χ2n) is 3.94. The highest BCUT2D eigenvalue weighted by Crippen LogP contribution is 2.16. The van der Waals surface area contributed by atoms with Gasteiger partial charge in [0.25, 0.3) is 5.91 Å². The number of carbonyl (C=O) groups excluding carboxylic acids is 1. The molecule has 0 aromatic heterocycles. The molecule has 0 aliphatic rings. The Morgan fingerprint density at radius 2 is 1.90 bits per heavy atom. The molecule has 2 rings (SSSR count). The van der Waals surface area contributed by atoms with Crippen LogP contribution in [0.4, 0.5) is 5.69 Å². The summed E-state index contributed by atoms with van der Waals surface area (Å²) < 4.78 is 0. The number of benzene rings is 2. The standard InChI is InChI=1S/C14H11ClN2O2S/c15-12-7-2-1-6-11(12)13(19)17-14(20)16-9-4-3-5-10(18)8-9/h1-8,18H,(H2,16,17,19,20). The summed E-state index contributed by atoms with van der Waals surface area (Å²) in [6.45, 7) is 0. The third-order valence-corrected chi connectivity index (χ3v) is 2.98. The molecule has 0 unspecified atom stereocenters. The van der Waals surface area contributed by atoms with Crippen molar-refractivity contribution < 1.29 is 9.90 Å². The van der Waals surface area contributed by atoms with Crippen molar-refractivity contribution in [1.29, 1.82) is 0 Å². The molecule has 0 saturated heterocycles. The van der Waals surface area contributed by atoms with Crippen molar-refractivity contribution in [2.45, 2.75) is 0 Å². The lowest BCUT2D eigenvalue weighted by atomic mass is 10.2. The summed E-state index contributed by atoms with van der Waals surface area (Å²) in [5, 5.41) is 15.1. The highest BCUT2D eigenvalue weighted by Gasteiger charge is 2.11. The molecule has 0 atom stereocenters. The smallest absolute Gasteiger partial charge is 0.258 e. The van der Waals surface area contributed by atoms with Crippen molar-refractivity contribution in [3.05, 3.63) is 59.1 Å². The number of carbonyl (C=O) groups is 1. The fraction of sp³-hybridized carbons (Fsp3) is 0. The maximum absolute atomic E-state index is 12.0. The van der Waals surface area contributed by atoms with Crippen LogP contribution in [-0.4, -0.2) is 16.1 Å². The number of amides is 1. The lowest BCUT2D eigenvalue weighted by Crippen LogP contribution is -2.34. The Morgan fingerprint density at radius 3 is 2.60 bits per heavy atom. The van der Waals surface area contributed by atoms with Crippen LogP contribution < -0.4 is 10.6 Å². The lowest BCUT2D eigenvalue weighted by molar-refractivity contribution is 0.0978. The molecule has 2 aromatic carbocycles. The maximum Gasteiger partial charge on any atom is 0.258 e. The molecule has 0 aliphatic heterocycles. The highest BCUT2D eigenvalue weighted by molar-refractivity contribution is 7.80. The van der Waals surface area contributed by atoms with Gasteiger partial charge in [0, 0.05) is 11.8 Å². The molecule has 3 N–H and O–H groups in total. The molecule has 6 heteroatoms. The Bertz CT molecular complexity index is 661. The predicted molar refractivity (Wildman–Crippen MR) is 83.2 cm³/mol. The number of thiocarbonyl (C=S) groups is 1. The van der Waals surface area contributed by atoms with E-state index < -0.39 is 5.91 Å². The van der Waals surface area contributed by atoms with Crippen molar-refractivity contribution >= 4 is 40.5 Å². The van der Waals surface area contributed by atoms with E-state index in [0.29, 0.717) is 16.3 Å². The number of anilines is 1. The molecule has 0 fully saturated rings. The van der Waals surface area contributed by atoms with Gasteiger partial charge < -0.3 is 10.4 Å². The maximum atomic E-state index is 12.0. The summed E-state index contributed by atoms with van der Waals surface area (Å²) in [4.78, 5) is 12.0. The number of nitrogens with one attached hydrogen (secondary N) is 2. The molecule has 1 amide bonds. The van der Waals surface area contributed by atoms with E-state index in [4.69, 9.17) is 23.8 Å². The Hall–Kier alpha value is -2.11. The first-order valence-electron chi connectivity index (χ1n) is 5.72. The van der Waals surface area contributed by atoms with E-state index in [1.54, 1.807) is 36.4 Å². The first kappa shape index (κ1) is 14.3. The molecule has 2 aromatic rings. The predicted octanol–water partition coefficient (Wildman–Crippen LogP) is 3.17. The van der Waals surface area contributed by atoms with Gasteiger partial charge in [0.15, 0.2) is 5.11 Å². The molecular weight excluding hydrogens is 296 g/mol. The monoisotopic (exact) mass is 306 g/mol. The minimum Gasteiger partial charge on any atom is -0.508 e. The third kappa shape index (κ3) is 3.69. The zero-order valence-electron chi connectivity index (χ0n) is 10.3. The summed E-state index contributed by atoms with van der Waals surface area (Å²) >= 11 is 11.0. The molecule has 0 bridgehead atoms. The van der Waals surface area contributed by atoms with Gasteiger partial charge in [-0.3, -0.25) is 10.1 Å². The Kier molecular flexibility index (Phi) is 4.55. The van der Waals surface area contributed by atoms with Gasteiger partial charge in [0.2, 0.25) is 0 Å². The van der Waals surface area contributed by atoms with E-state index in [-0.39, 0.29) is 10.9 Å². The normalized spacial score (nSPS) is 9.85. The molecule has 0 spiro atoms. The van der Waals surface area contributed by atoms with Gasteiger partial charge in [0.1, 0.15) is 5.75 Å². The molecule has 0 saturated carbocycles. The van der Waals surface area contributed by atoms with Crippen LogP contribution in [0.15, 0.2) is 48.5 Å². The van der Waals surface area contributed by atoms with E-state index in [2.05, 4.69) is 10.6 Å². The highest BCUT2D eigenvalue weighted by atomic mass is 35.5. The number of phenolic OH excluding ortho intramolecular Hbond substituents is 1. The topological polar surface area (TPSA) is 61.4 Å².